The highest BCUT2D eigenvalue weighted by molar-refractivity contribution is 6.30. The van der Waals surface area contributed by atoms with Gasteiger partial charge >= 0.3 is 5.97 Å². The number of carbonyl (C=O) groups is 2. The topological polar surface area (TPSA) is 68.5 Å². The lowest BCUT2D eigenvalue weighted by Crippen LogP contribution is -2.12. The van der Waals surface area contributed by atoms with Gasteiger partial charge in [0, 0.05) is 22.3 Å². The third-order valence-electron chi connectivity index (χ3n) is 3.89. The molecule has 1 heterocycles. The zero-order valence-electron chi connectivity index (χ0n) is 16.0. The summed E-state index contributed by atoms with van der Waals surface area (Å²) < 4.78 is 10.9. The number of carbonyl (C=O) groups excluding carboxylic acids is 2. The number of rotatable bonds is 6. The van der Waals surface area contributed by atoms with Crippen molar-refractivity contribution in [2.75, 3.05) is 5.32 Å². The van der Waals surface area contributed by atoms with Gasteiger partial charge < -0.3 is 14.5 Å². The molecule has 2 aromatic carbocycles. The second-order valence-corrected chi connectivity index (χ2v) is 7.00. The number of ether oxygens (including phenoxy) is 1. The first-order valence-electron chi connectivity index (χ1n) is 9.06. The fourth-order valence-electron chi connectivity index (χ4n) is 2.53. The van der Waals surface area contributed by atoms with Crippen LogP contribution in [0.25, 0.3) is 17.4 Å². The van der Waals surface area contributed by atoms with Gasteiger partial charge in [-0.2, -0.15) is 0 Å². The quantitative estimate of drug-likeness (QED) is 0.411. The van der Waals surface area contributed by atoms with Gasteiger partial charge in [0.1, 0.15) is 11.5 Å². The zero-order chi connectivity index (χ0) is 20.8. The van der Waals surface area contributed by atoms with Crippen LogP contribution in [0.5, 0.6) is 0 Å². The minimum absolute atomic E-state index is 0.186. The summed E-state index contributed by atoms with van der Waals surface area (Å²) in [6, 6.07) is 17.4. The zero-order valence-corrected chi connectivity index (χ0v) is 16.8. The minimum Gasteiger partial charge on any atom is -0.459 e. The molecule has 0 radical (unpaired) electrons. The highest BCUT2D eigenvalue weighted by Gasteiger charge is 2.09. The van der Waals surface area contributed by atoms with Gasteiger partial charge in [-0.25, -0.2) is 4.79 Å². The summed E-state index contributed by atoms with van der Waals surface area (Å²) in [4.78, 5) is 23.9. The molecule has 0 aliphatic carbocycles. The molecule has 29 heavy (non-hydrogen) atoms. The highest BCUT2D eigenvalue weighted by atomic mass is 35.5. The van der Waals surface area contributed by atoms with Crippen LogP contribution < -0.4 is 5.32 Å². The van der Waals surface area contributed by atoms with Crippen LogP contribution >= 0.6 is 11.6 Å². The van der Waals surface area contributed by atoms with E-state index in [9.17, 15) is 9.59 Å². The summed E-state index contributed by atoms with van der Waals surface area (Å²) in [5.74, 6) is 0.529. The smallest absolute Gasteiger partial charge is 0.338 e. The number of benzene rings is 2. The van der Waals surface area contributed by atoms with Crippen LogP contribution in [-0.4, -0.2) is 18.0 Å². The summed E-state index contributed by atoms with van der Waals surface area (Å²) in [6.45, 7) is 3.58. The molecule has 0 fully saturated rings. The first-order chi connectivity index (χ1) is 13.9. The van der Waals surface area contributed by atoms with Crippen molar-refractivity contribution in [3.63, 3.8) is 0 Å². The molecule has 6 heteroatoms. The van der Waals surface area contributed by atoms with Gasteiger partial charge in [-0.3, -0.25) is 4.79 Å². The average molecular weight is 410 g/mol. The third-order valence-corrected chi connectivity index (χ3v) is 4.14. The Hall–Kier alpha value is -3.31. The number of furan rings is 1. The maximum absolute atomic E-state index is 12.1. The van der Waals surface area contributed by atoms with Crippen LogP contribution in [0.15, 0.2) is 71.2 Å². The minimum atomic E-state index is -0.396. The molecule has 0 aliphatic rings. The number of anilines is 1. The molecular weight excluding hydrogens is 390 g/mol. The van der Waals surface area contributed by atoms with Crippen molar-refractivity contribution in [3.8, 4) is 11.3 Å². The van der Waals surface area contributed by atoms with E-state index in [-0.39, 0.29) is 12.0 Å². The van der Waals surface area contributed by atoms with Crippen LogP contribution in [0.1, 0.15) is 30.0 Å². The molecular formula is C23H20ClNO4. The van der Waals surface area contributed by atoms with E-state index in [1.54, 1.807) is 62.4 Å². The largest absolute Gasteiger partial charge is 0.459 e. The van der Waals surface area contributed by atoms with E-state index in [1.807, 2.05) is 18.2 Å². The standard InChI is InChI=1S/C23H20ClNO4/c1-15(2)28-23(27)17-5-9-19(10-6-17)25-22(26)14-12-20-11-13-21(29-20)16-3-7-18(24)8-4-16/h3-15H,1-2H3,(H,25,26)/b14-12+. The lowest BCUT2D eigenvalue weighted by Gasteiger charge is -2.08. The number of esters is 1. The molecule has 3 rings (SSSR count). The summed E-state index contributed by atoms with van der Waals surface area (Å²) in [7, 11) is 0. The van der Waals surface area contributed by atoms with Crippen LogP contribution in [0.3, 0.4) is 0 Å². The van der Waals surface area contributed by atoms with Crippen molar-refractivity contribution >= 4 is 35.2 Å². The van der Waals surface area contributed by atoms with Crippen molar-refractivity contribution in [3.05, 3.63) is 83.1 Å². The Balaban J connectivity index is 1.58. The van der Waals surface area contributed by atoms with Crippen molar-refractivity contribution in [1.29, 1.82) is 0 Å². The average Bonchev–Trinajstić information content (AvgIpc) is 3.16. The molecule has 0 aliphatic heterocycles. The van der Waals surface area contributed by atoms with E-state index in [2.05, 4.69) is 5.32 Å². The van der Waals surface area contributed by atoms with E-state index in [0.29, 0.717) is 27.8 Å². The Labute approximate surface area is 173 Å². The number of halogens is 1. The Morgan fingerprint density at radius 3 is 2.34 bits per heavy atom. The Kier molecular flexibility index (Phi) is 6.52. The Bertz CT molecular complexity index is 1020. The summed E-state index contributed by atoms with van der Waals surface area (Å²) in [5.41, 5.74) is 1.90. The molecule has 3 aromatic rings. The van der Waals surface area contributed by atoms with E-state index in [1.165, 1.54) is 6.08 Å². The van der Waals surface area contributed by atoms with Gasteiger partial charge in [0.25, 0.3) is 0 Å². The monoisotopic (exact) mass is 409 g/mol. The normalized spacial score (nSPS) is 11.0. The number of hydrogen-bond donors (Lipinski definition) is 1. The molecule has 0 bridgehead atoms. The van der Waals surface area contributed by atoms with Crippen molar-refractivity contribution in [2.45, 2.75) is 20.0 Å². The third kappa shape index (κ3) is 5.83. The second kappa shape index (κ2) is 9.26. The van der Waals surface area contributed by atoms with Crippen molar-refractivity contribution in [1.82, 2.24) is 0 Å². The van der Waals surface area contributed by atoms with Gasteiger partial charge in [-0.05, 0) is 80.6 Å². The number of hydrogen-bond acceptors (Lipinski definition) is 4. The highest BCUT2D eigenvalue weighted by Crippen LogP contribution is 2.24. The second-order valence-electron chi connectivity index (χ2n) is 6.56. The molecule has 1 amide bonds. The SMILES string of the molecule is CC(C)OC(=O)c1ccc(NC(=O)/C=C/c2ccc(-c3ccc(Cl)cc3)o2)cc1. The van der Waals surface area contributed by atoms with Gasteiger partial charge in [0.05, 0.1) is 11.7 Å². The first-order valence-corrected chi connectivity index (χ1v) is 9.44. The fraction of sp³-hybridized carbons (Fsp3) is 0.130. The van der Waals surface area contributed by atoms with E-state index >= 15 is 0 Å². The molecule has 0 saturated carbocycles. The maximum atomic E-state index is 12.1. The van der Waals surface area contributed by atoms with Crippen LogP contribution in [0.4, 0.5) is 5.69 Å². The van der Waals surface area contributed by atoms with Crippen molar-refractivity contribution < 1.29 is 18.7 Å². The summed E-state index contributed by atoms with van der Waals surface area (Å²) in [6.07, 6.45) is 2.78. The Morgan fingerprint density at radius 1 is 1.00 bits per heavy atom. The summed E-state index contributed by atoms with van der Waals surface area (Å²) >= 11 is 5.89. The van der Waals surface area contributed by atoms with Gasteiger partial charge in [0.2, 0.25) is 5.91 Å². The molecule has 0 atom stereocenters. The van der Waals surface area contributed by atoms with E-state index in [0.717, 1.165) is 5.56 Å². The van der Waals surface area contributed by atoms with E-state index < -0.39 is 5.97 Å². The number of nitrogens with one attached hydrogen (secondary N) is 1. The molecule has 1 aromatic heterocycles. The number of amides is 1. The molecule has 148 valence electrons. The van der Waals surface area contributed by atoms with Crippen LogP contribution in [0, 0.1) is 0 Å². The molecule has 0 spiro atoms. The van der Waals surface area contributed by atoms with Gasteiger partial charge in [-0.1, -0.05) is 11.6 Å². The van der Waals surface area contributed by atoms with Crippen LogP contribution in [-0.2, 0) is 9.53 Å². The molecule has 5 nitrogen and oxygen atoms in total. The molecule has 0 saturated heterocycles. The van der Waals surface area contributed by atoms with Crippen LogP contribution in [0.2, 0.25) is 5.02 Å². The molecule has 0 unspecified atom stereocenters. The van der Waals surface area contributed by atoms with E-state index in [4.69, 9.17) is 20.8 Å². The lowest BCUT2D eigenvalue weighted by molar-refractivity contribution is -0.111. The maximum Gasteiger partial charge on any atom is 0.338 e. The predicted octanol–water partition coefficient (Wildman–Crippen LogP) is 5.82. The fourth-order valence-corrected chi connectivity index (χ4v) is 2.65. The predicted molar refractivity (Wildman–Crippen MR) is 114 cm³/mol. The van der Waals surface area contributed by atoms with Gasteiger partial charge in [0.15, 0.2) is 0 Å². The van der Waals surface area contributed by atoms with Crippen molar-refractivity contribution in [2.24, 2.45) is 0 Å². The molecule has 1 N–H and O–H groups in total. The lowest BCUT2D eigenvalue weighted by atomic mass is 10.2. The Morgan fingerprint density at radius 2 is 1.69 bits per heavy atom. The van der Waals surface area contributed by atoms with Gasteiger partial charge in [-0.15, -0.1) is 0 Å². The summed E-state index contributed by atoms with van der Waals surface area (Å²) in [5, 5.41) is 3.38. The first kappa shape index (κ1) is 20.4.